The Hall–Kier alpha value is -0.650. The molecule has 1 fully saturated rings. The molecule has 0 aliphatic carbocycles. The van der Waals surface area contributed by atoms with Gasteiger partial charge < -0.3 is 5.73 Å². The van der Waals surface area contributed by atoms with Gasteiger partial charge in [0.1, 0.15) is 0 Å². The highest BCUT2D eigenvalue weighted by molar-refractivity contribution is 7.99. The molecule has 5 heteroatoms. The highest BCUT2D eigenvalue weighted by Gasteiger charge is 2.21. The van der Waals surface area contributed by atoms with Crippen molar-refractivity contribution in [2.75, 3.05) is 25.4 Å². The average Bonchev–Trinajstić information content (AvgIpc) is 2.86. The third-order valence-corrected chi connectivity index (χ3v) is 4.31. The summed E-state index contributed by atoms with van der Waals surface area (Å²) in [5, 5.41) is 0.891. The van der Waals surface area contributed by atoms with E-state index in [2.05, 4.69) is 21.8 Å². The molecule has 2 heterocycles. The molecule has 0 amide bonds. The fourth-order valence-corrected chi connectivity index (χ4v) is 2.84. The molecule has 0 bridgehead atoms. The molecule has 4 nitrogen and oxygen atoms in total. The smallest absolute Gasteiger partial charge is 0.187 e. The predicted octanol–water partition coefficient (Wildman–Crippen LogP) is 1.76. The zero-order valence-corrected chi connectivity index (χ0v) is 11.8. The predicted molar refractivity (Wildman–Crippen MR) is 75.5 cm³/mol. The van der Waals surface area contributed by atoms with Gasteiger partial charge in [-0.1, -0.05) is 18.7 Å². The number of nitrogens with zero attached hydrogens (tertiary/aromatic N) is 3. The molecule has 1 aliphatic heterocycles. The van der Waals surface area contributed by atoms with Crippen LogP contribution in [0.15, 0.2) is 17.6 Å². The SMILES string of the molecule is CCCSc1ncc(CN2CCC(CN)C2)cn1. The van der Waals surface area contributed by atoms with Crippen molar-refractivity contribution in [3.05, 3.63) is 18.0 Å². The molecule has 1 atom stereocenters. The molecule has 0 radical (unpaired) electrons. The van der Waals surface area contributed by atoms with Crippen LogP contribution in [-0.2, 0) is 6.54 Å². The minimum atomic E-state index is 0.672. The van der Waals surface area contributed by atoms with E-state index in [0.717, 1.165) is 43.5 Å². The highest BCUT2D eigenvalue weighted by Crippen LogP contribution is 2.18. The number of hydrogen-bond donors (Lipinski definition) is 1. The molecular weight excluding hydrogens is 244 g/mol. The Labute approximate surface area is 113 Å². The fraction of sp³-hybridized carbons (Fsp3) is 0.692. The molecule has 1 unspecified atom stereocenters. The van der Waals surface area contributed by atoms with Gasteiger partial charge in [0.15, 0.2) is 5.16 Å². The van der Waals surface area contributed by atoms with Crippen molar-refractivity contribution in [2.45, 2.75) is 31.5 Å². The van der Waals surface area contributed by atoms with Crippen molar-refractivity contribution in [1.82, 2.24) is 14.9 Å². The lowest BCUT2D eigenvalue weighted by Crippen LogP contribution is -2.22. The molecule has 2 N–H and O–H groups in total. The van der Waals surface area contributed by atoms with Crippen LogP contribution in [0.5, 0.6) is 0 Å². The molecular formula is C13H22N4S. The van der Waals surface area contributed by atoms with Crippen molar-refractivity contribution >= 4 is 11.8 Å². The van der Waals surface area contributed by atoms with Gasteiger partial charge in [-0.2, -0.15) is 0 Å². The standard InChI is InChI=1S/C13H22N4S/c1-2-5-18-13-15-7-12(8-16-13)10-17-4-3-11(6-14)9-17/h7-8,11H,2-6,9-10,14H2,1H3. The number of hydrogen-bond acceptors (Lipinski definition) is 5. The first-order valence-electron chi connectivity index (χ1n) is 6.68. The molecule has 1 saturated heterocycles. The van der Waals surface area contributed by atoms with Gasteiger partial charge in [0.2, 0.25) is 0 Å². The Morgan fingerprint density at radius 1 is 1.44 bits per heavy atom. The second-order valence-electron chi connectivity index (χ2n) is 4.85. The van der Waals surface area contributed by atoms with E-state index in [1.165, 1.54) is 12.0 Å². The van der Waals surface area contributed by atoms with E-state index in [9.17, 15) is 0 Å². The normalized spacial score (nSPS) is 20.4. The second-order valence-corrected chi connectivity index (χ2v) is 5.91. The van der Waals surface area contributed by atoms with Crippen LogP contribution >= 0.6 is 11.8 Å². The topological polar surface area (TPSA) is 55.0 Å². The van der Waals surface area contributed by atoms with Gasteiger partial charge in [-0.3, -0.25) is 4.90 Å². The Bertz CT molecular complexity index is 355. The summed E-state index contributed by atoms with van der Waals surface area (Å²) in [6.45, 7) is 6.19. The number of thioether (sulfide) groups is 1. The van der Waals surface area contributed by atoms with Crippen LogP contribution in [0.3, 0.4) is 0 Å². The van der Waals surface area contributed by atoms with Gasteiger partial charge in [-0.15, -0.1) is 0 Å². The summed E-state index contributed by atoms with van der Waals surface area (Å²) < 4.78 is 0. The highest BCUT2D eigenvalue weighted by atomic mass is 32.2. The van der Waals surface area contributed by atoms with Crippen molar-refractivity contribution in [3.8, 4) is 0 Å². The van der Waals surface area contributed by atoms with E-state index < -0.39 is 0 Å². The van der Waals surface area contributed by atoms with Gasteiger partial charge in [-0.05, 0) is 31.8 Å². The fourth-order valence-electron chi connectivity index (χ4n) is 2.20. The van der Waals surface area contributed by atoms with Crippen LogP contribution in [0.2, 0.25) is 0 Å². The van der Waals surface area contributed by atoms with Gasteiger partial charge in [0.25, 0.3) is 0 Å². The summed E-state index contributed by atoms with van der Waals surface area (Å²) in [5.41, 5.74) is 6.90. The van der Waals surface area contributed by atoms with Crippen molar-refractivity contribution in [2.24, 2.45) is 11.7 Å². The maximum atomic E-state index is 5.70. The van der Waals surface area contributed by atoms with Crippen LogP contribution in [0.1, 0.15) is 25.3 Å². The quantitative estimate of drug-likeness (QED) is 0.628. The Morgan fingerprint density at radius 2 is 2.22 bits per heavy atom. The first-order valence-corrected chi connectivity index (χ1v) is 7.66. The lowest BCUT2D eigenvalue weighted by Gasteiger charge is -2.15. The number of nitrogens with two attached hydrogens (primary N) is 1. The summed E-state index contributed by atoms with van der Waals surface area (Å²) in [6, 6.07) is 0. The molecule has 0 aromatic carbocycles. The average molecular weight is 266 g/mol. The van der Waals surface area contributed by atoms with Crippen molar-refractivity contribution in [1.29, 1.82) is 0 Å². The van der Waals surface area contributed by atoms with Gasteiger partial charge >= 0.3 is 0 Å². The lowest BCUT2D eigenvalue weighted by atomic mass is 10.1. The number of aromatic nitrogens is 2. The van der Waals surface area contributed by atoms with Gasteiger partial charge in [-0.25, -0.2) is 9.97 Å². The van der Waals surface area contributed by atoms with E-state index in [-0.39, 0.29) is 0 Å². The monoisotopic (exact) mass is 266 g/mol. The first-order chi connectivity index (χ1) is 8.81. The minimum absolute atomic E-state index is 0.672. The van der Waals surface area contributed by atoms with E-state index >= 15 is 0 Å². The molecule has 0 spiro atoms. The summed E-state index contributed by atoms with van der Waals surface area (Å²) in [5.74, 6) is 1.76. The largest absolute Gasteiger partial charge is 0.330 e. The van der Waals surface area contributed by atoms with E-state index in [4.69, 9.17) is 5.73 Å². The summed E-state index contributed by atoms with van der Waals surface area (Å²) >= 11 is 1.72. The Morgan fingerprint density at radius 3 is 2.83 bits per heavy atom. The van der Waals surface area contributed by atoms with Crippen LogP contribution in [-0.4, -0.2) is 40.3 Å². The molecule has 2 rings (SSSR count). The zero-order chi connectivity index (χ0) is 12.8. The van der Waals surface area contributed by atoms with E-state index in [0.29, 0.717) is 5.92 Å². The van der Waals surface area contributed by atoms with Crippen molar-refractivity contribution in [3.63, 3.8) is 0 Å². The number of likely N-dealkylation sites (tertiary alicyclic amines) is 1. The van der Waals surface area contributed by atoms with Crippen LogP contribution in [0.25, 0.3) is 0 Å². The first kappa shape index (κ1) is 13.8. The maximum Gasteiger partial charge on any atom is 0.187 e. The van der Waals surface area contributed by atoms with Crippen LogP contribution in [0, 0.1) is 5.92 Å². The Kier molecular flexibility index (Phi) is 5.41. The molecule has 1 aromatic heterocycles. The molecule has 18 heavy (non-hydrogen) atoms. The minimum Gasteiger partial charge on any atom is -0.330 e. The summed E-state index contributed by atoms with van der Waals surface area (Å²) in [6.07, 6.45) is 6.30. The third-order valence-electron chi connectivity index (χ3n) is 3.23. The van der Waals surface area contributed by atoms with Gasteiger partial charge in [0, 0.05) is 36.8 Å². The second kappa shape index (κ2) is 7.07. The van der Waals surface area contributed by atoms with Gasteiger partial charge in [0.05, 0.1) is 0 Å². The molecule has 1 aromatic rings. The molecule has 100 valence electrons. The third kappa shape index (κ3) is 3.93. The maximum absolute atomic E-state index is 5.70. The summed E-state index contributed by atoms with van der Waals surface area (Å²) in [4.78, 5) is 11.2. The molecule has 0 saturated carbocycles. The van der Waals surface area contributed by atoms with E-state index in [1.807, 2.05) is 12.4 Å². The van der Waals surface area contributed by atoms with Crippen molar-refractivity contribution < 1.29 is 0 Å². The number of rotatable bonds is 6. The summed E-state index contributed by atoms with van der Waals surface area (Å²) in [7, 11) is 0. The van der Waals surface area contributed by atoms with Crippen LogP contribution < -0.4 is 5.73 Å². The van der Waals surface area contributed by atoms with E-state index in [1.54, 1.807) is 11.8 Å². The molecule has 1 aliphatic rings. The lowest BCUT2D eigenvalue weighted by molar-refractivity contribution is 0.317. The van der Waals surface area contributed by atoms with Crippen LogP contribution in [0.4, 0.5) is 0 Å². The Balaban J connectivity index is 1.83. The zero-order valence-electron chi connectivity index (χ0n) is 11.0.